The molecule has 0 spiro atoms. The summed E-state index contributed by atoms with van der Waals surface area (Å²) in [6, 6.07) is 10.4. The molecule has 0 aromatic heterocycles. The van der Waals surface area contributed by atoms with Crippen molar-refractivity contribution in [2.45, 2.75) is 4.90 Å². The summed E-state index contributed by atoms with van der Waals surface area (Å²) in [6.07, 6.45) is -0.867. The second-order valence-electron chi connectivity index (χ2n) is 4.72. The second-order valence-corrected chi connectivity index (χ2v) is 9.08. The van der Waals surface area contributed by atoms with Gasteiger partial charge in [-0.05, 0) is 40.2 Å². The Labute approximate surface area is 179 Å². The molecule has 9 nitrogen and oxygen atoms in total. The maximum atomic E-state index is 12.2. The number of hydrogen-bond acceptors (Lipinski definition) is 6. The number of rotatable bonds is 7. The maximum absolute atomic E-state index is 12.2. The van der Waals surface area contributed by atoms with E-state index in [1.54, 1.807) is 6.07 Å². The van der Waals surface area contributed by atoms with E-state index in [9.17, 15) is 28.0 Å². The molecule has 0 amide bonds. The first-order valence-corrected chi connectivity index (χ1v) is 10.6. The monoisotopic (exact) mass is 473 g/mol. The second kappa shape index (κ2) is 9.43. The Morgan fingerprint density at radius 2 is 1.77 bits per heavy atom. The quantitative estimate of drug-likeness (QED) is 0.272. The van der Waals surface area contributed by atoms with E-state index in [0.29, 0.717) is 4.47 Å². The van der Waals surface area contributed by atoms with Gasteiger partial charge in [0.2, 0.25) is 10.0 Å². The first kappa shape index (κ1) is 23.3. The van der Waals surface area contributed by atoms with Crippen molar-refractivity contribution in [3.63, 3.8) is 0 Å². The van der Waals surface area contributed by atoms with Crippen molar-refractivity contribution in [3.05, 3.63) is 63.1 Å². The van der Waals surface area contributed by atoms with E-state index >= 15 is 0 Å². The Bertz CT molecular complexity index is 940. The molecular formula is C13H12BrN2NaO7PS. The first-order valence-electron chi connectivity index (χ1n) is 6.61. The summed E-state index contributed by atoms with van der Waals surface area (Å²) in [5.41, 5.74) is -0.213. The van der Waals surface area contributed by atoms with E-state index in [4.69, 9.17) is 4.52 Å². The summed E-state index contributed by atoms with van der Waals surface area (Å²) in [5.74, 6) is -0.100. The zero-order valence-corrected chi connectivity index (χ0v) is 18.7. The molecule has 2 rings (SSSR count). The van der Waals surface area contributed by atoms with Crippen LogP contribution in [-0.4, -0.2) is 54.1 Å². The average Bonchev–Trinajstić information content (AvgIpc) is 2.54. The van der Waals surface area contributed by atoms with E-state index in [1.807, 2.05) is 4.72 Å². The molecule has 13 heteroatoms. The van der Waals surface area contributed by atoms with Gasteiger partial charge in [0.05, 0.1) is 9.82 Å². The SMILES string of the molecule is O=[N+]([O-])c1ccc(OP(=O)(O)CNS(=O)(=O)c2ccccc2Br)cc1.[Na]. The van der Waals surface area contributed by atoms with Crippen LogP contribution in [-0.2, 0) is 14.6 Å². The third-order valence-electron chi connectivity index (χ3n) is 2.88. The third kappa shape index (κ3) is 6.43. The van der Waals surface area contributed by atoms with Crippen LogP contribution in [0.5, 0.6) is 5.75 Å². The number of hydrogen-bond donors (Lipinski definition) is 2. The largest absolute Gasteiger partial charge is 0.424 e. The van der Waals surface area contributed by atoms with Gasteiger partial charge in [0, 0.05) is 46.2 Å². The normalized spacial score (nSPS) is 13.3. The number of sulfonamides is 1. The van der Waals surface area contributed by atoms with Gasteiger partial charge in [-0.1, -0.05) is 12.1 Å². The van der Waals surface area contributed by atoms with Gasteiger partial charge in [0.1, 0.15) is 12.0 Å². The zero-order chi connectivity index (χ0) is 18.7. The molecule has 0 heterocycles. The number of non-ortho nitro benzene ring substituents is 1. The number of nitrogens with one attached hydrogen (secondary N) is 1. The van der Waals surface area contributed by atoms with Crippen molar-refractivity contribution in [1.29, 1.82) is 0 Å². The van der Waals surface area contributed by atoms with Gasteiger partial charge in [-0.25, -0.2) is 13.0 Å². The molecule has 0 bridgehead atoms. The van der Waals surface area contributed by atoms with Crippen molar-refractivity contribution in [1.82, 2.24) is 4.72 Å². The smallest absolute Gasteiger partial charge is 0.391 e. The fourth-order valence-corrected chi connectivity index (χ4v) is 5.24. The Hall–Kier alpha value is -0.780. The van der Waals surface area contributed by atoms with Crippen molar-refractivity contribution in [2.75, 3.05) is 6.29 Å². The van der Waals surface area contributed by atoms with Crippen LogP contribution in [0.25, 0.3) is 0 Å². The zero-order valence-electron chi connectivity index (χ0n) is 13.4. The van der Waals surface area contributed by atoms with Crippen LogP contribution in [0.15, 0.2) is 57.9 Å². The number of nitro benzene ring substituents is 1. The molecule has 2 N–H and O–H groups in total. The van der Waals surface area contributed by atoms with Crippen molar-refractivity contribution >= 4 is 68.8 Å². The van der Waals surface area contributed by atoms with Gasteiger partial charge in [-0.15, -0.1) is 0 Å². The van der Waals surface area contributed by atoms with Crippen LogP contribution >= 0.6 is 23.5 Å². The molecule has 0 aliphatic heterocycles. The Balaban J connectivity index is 0.00000338. The minimum absolute atomic E-state index is 0. The molecule has 2 aromatic carbocycles. The fourth-order valence-electron chi connectivity index (χ4n) is 1.73. The standard InChI is InChI=1S/C13H12BrN2O7PS.Na/c14-12-3-1-2-4-13(12)25(21,22)15-9-24(19,20)23-11-7-5-10(6-8-11)16(17)18;/h1-8,15H,9H2,(H,19,20);. The van der Waals surface area contributed by atoms with E-state index in [2.05, 4.69) is 15.9 Å². The molecule has 1 radical (unpaired) electrons. The van der Waals surface area contributed by atoms with E-state index in [-0.39, 0.29) is 45.9 Å². The molecule has 0 saturated heterocycles. The van der Waals surface area contributed by atoms with Crippen LogP contribution < -0.4 is 9.25 Å². The Morgan fingerprint density at radius 1 is 1.19 bits per heavy atom. The van der Waals surface area contributed by atoms with Gasteiger partial charge in [0.15, 0.2) is 0 Å². The van der Waals surface area contributed by atoms with E-state index < -0.39 is 28.8 Å². The molecule has 2 aromatic rings. The van der Waals surface area contributed by atoms with Gasteiger partial charge in [0.25, 0.3) is 5.69 Å². The van der Waals surface area contributed by atoms with Gasteiger partial charge in [-0.3, -0.25) is 10.1 Å². The van der Waals surface area contributed by atoms with Crippen LogP contribution in [0.4, 0.5) is 5.69 Å². The molecule has 0 fully saturated rings. The molecule has 0 aliphatic carbocycles. The summed E-state index contributed by atoms with van der Waals surface area (Å²) in [6.45, 7) is 0. The predicted octanol–water partition coefficient (Wildman–Crippen LogP) is 2.48. The fraction of sp³-hybridized carbons (Fsp3) is 0.0769. The molecule has 1 atom stereocenters. The third-order valence-corrected chi connectivity index (χ3v) is 6.56. The number of nitro groups is 1. The summed E-state index contributed by atoms with van der Waals surface area (Å²) in [7, 11) is -8.39. The molecule has 135 valence electrons. The average molecular weight is 474 g/mol. The summed E-state index contributed by atoms with van der Waals surface area (Å²) in [5, 5.41) is 10.6. The van der Waals surface area contributed by atoms with Crippen LogP contribution in [0.1, 0.15) is 0 Å². The van der Waals surface area contributed by atoms with E-state index in [0.717, 1.165) is 24.3 Å². The molecular weight excluding hydrogens is 462 g/mol. The van der Waals surface area contributed by atoms with Crippen LogP contribution in [0, 0.1) is 10.1 Å². The topological polar surface area (TPSA) is 136 Å². The first-order chi connectivity index (χ1) is 11.6. The molecule has 1 unspecified atom stereocenters. The van der Waals surface area contributed by atoms with Crippen molar-refractivity contribution in [3.8, 4) is 5.75 Å². The van der Waals surface area contributed by atoms with Gasteiger partial charge < -0.3 is 9.42 Å². The Kier molecular flexibility index (Phi) is 8.43. The summed E-state index contributed by atoms with van der Waals surface area (Å²) >= 11 is 3.09. The van der Waals surface area contributed by atoms with Gasteiger partial charge in [-0.2, -0.15) is 4.72 Å². The van der Waals surface area contributed by atoms with Crippen molar-refractivity contribution in [2.24, 2.45) is 0 Å². The molecule has 26 heavy (non-hydrogen) atoms. The maximum Gasteiger partial charge on any atom is 0.391 e. The minimum atomic E-state index is -4.36. The predicted molar refractivity (Wildman–Crippen MR) is 98.6 cm³/mol. The number of halogens is 1. The van der Waals surface area contributed by atoms with Crippen LogP contribution in [0.2, 0.25) is 0 Å². The summed E-state index contributed by atoms with van der Waals surface area (Å²) in [4.78, 5) is 19.6. The number of nitrogens with zero attached hydrogens (tertiary/aromatic N) is 1. The van der Waals surface area contributed by atoms with Gasteiger partial charge >= 0.3 is 7.60 Å². The number of benzene rings is 2. The molecule has 0 aliphatic rings. The van der Waals surface area contributed by atoms with Crippen LogP contribution in [0.3, 0.4) is 0 Å². The van der Waals surface area contributed by atoms with Crippen molar-refractivity contribution < 1.29 is 27.3 Å². The Morgan fingerprint density at radius 3 is 2.31 bits per heavy atom. The minimum Gasteiger partial charge on any atom is -0.424 e. The van der Waals surface area contributed by atoms with E-state index in [1.165, 1.54) is 18.2 Å². The molecule has 0 saturated carbocycles. The summed E-state index contributed by atoms with van der Waals surface area (Å²) < 4.78 is 43.5.